The SMILES string of the molecule is Cc1cc(I)c(Br)c(C(F)(F)F)c1. The van der Waals surface area contributed by atoms with Gasteiger partial charge in [-0.3, -0.25) is 0 Å². The lowest BCUT2D eigenvalue weighted by Gasteiger charge is -2.11. The largest absolute Gasteiger partial charge is 0.417 e. The van der Waals surface area contributed by atoms with Crippen LogP contribution < -0.4 is 0 Å². The summed E-state index contributed by atoms with van der Waals surface area (Å²) in [5.41, 5.74) is -0.00294. The van der Waals surface area contributed by atoms with Crippen molar-refractivity contribution in [1.82, 2.24) is 0 Å². The highest BCUT2D eigenvalue weighted by Crippen LogP contribution is 2.37. The summed E-state index contributed by atoms with van der Waals surface area (Å²) in [5, 5.41) is 0. The van der Waals surface area contributed by atoms with E-state index in [2.05, 4.69) is 15.9 Å². The Bertz CT molecular complexity index is 333. The molecular weight excluding hydrogens is 360 g/mol. The summed E-state index contributed by atoms with van der Waals surface area (Å²) in [4.78, 5) is 0. The third-order valence-corrected chi connectivity index (χ3v) is 3.92. The van der Waals surface area contributed by atoms with Crippen molar-refractivity contribution in [1.29, 1.82) is 0 Å². The number of aryl methyl sites for hydroxylation is 1. The molecule has 0 spiro atoms. The first-order valence-corrected chi connectivity index (χ1v) is 5.22. The highest BCUT2D eigenvalue weighted by molar-refractivity contribution is 14.1. The lowest BCUT2D eigenvalue weighted by atomic mass is 10.1. The average molecular weight is 365 g/mol. The van der Waals surface area contributed by atoms with Crippen LogP contribution in [0.25, 0.3) is 0 Å². The molecule has 72 valence electrons. The molecule has 0 radical (unpaired) electrons. The van der Waals surface area contributed by atoms with Gasteiger partial charge in [0.25, 0.3) is 0 Å². The molecule has 0 aliphatic carbocycles. The molecule has 0 N–H and O–H groups in total. The first-order chi connectivity index (χ1) is 5.82. The van der Waals surface area contributed by atoms with Crippen LogP contribution in [-0.2, 0) is 6.18 Å². The second kappa shape index (κ2) is 3.76. The van der Waals surface area contributed by atoms with Gasteiger partial charge < -0.3 is 0 Å². The molecule has 1 aromatic carbocycles. The van der Waals surface area contributed by atoms with Gasteiger partial charge in [0.2, 0.25) is 0 Å². The van der Waals surface area contributed by atoms with Crippen LogP contribution in [0.3, 0.4) is 0 Å². The lowest BCUT2D eigenvalue weighted by Crippen LogP contribution is -2.07. The van der Waals surface area contributed by atoms with Gasteiger partial charge in [-0.05, 0) is 63.1 Å². The monoisotopic (exact) mass is 364 g/mol. The molecule has 0 bridgehead atoms. The first-order valence-electron chi connectivity index (χ1n) is 3.35. The van der Waals surface area contributed by atoms with E-state index in [0.29, 0.717) is 9.13 Å². The van der Waals surface area contributed by atoms with Gasteiger partial charge in [-0.2, -0.15) is 13.2 Å². The normalized spacial score (nSPS) is 11.8. The summed E-state index contributed by atoms with van der Waals surface area (Å²) >= 11 is 4.79. The maximum absolute atomic E-state index is 12.4. The van der Waals surface area contributed by atoms with Gasteiger partial charge in [0.15, 0.2) is 0 Å². The Morgan fingerprint density at radius 3 is 2.31 bits per heavy atom. The van der Waals surface area contributed by atoms with Crippen LogP contribution in [0.5, 0.6) is 0 Å². The third kappa shape index (κ3) is 2.59. The molecule has 13 heavy (non-hydrogen) atoms. The van der Waals surface area contributed by atoms with Crippen molar-refractivity contribution in [3.63, 3.8) is 0 Å². The Morgan fingerprint density at radius 2 is 1.85 bits per heavy atom. The van der Waals surface area contributed by atoms with Crippen LogP contribution in [-0.4, -0.2) is 0 Å². The summed E-state index contributed by atoms with van der Waals surface area (Å²) in [5.74, 6) is 0. The van der Waals surface area contributed by atoms with Crippen molar-refractivity contribution in [2.45, 2.75) is 13.1 Å². The van der Waals surface area contributed by atoms with E-state index in [0.717, 1.165) is 6.07 Å². The summed E-state index contributed by atoms with van der Waals surface area (Å²) in [6.45, 7) is 1.64. The van der Waals surface area contributed by atoms with Gasteiger partial charge >= 0.3 is 6.18 Å². The van der Waals surface area contributed by atoms with E-state index in [9.17, 15) is 13.2 Å². The van der Waals surface area contributed by atoms with Crippen molar-refractivity contribution in [3.05, 3.63) is 31.3 Å². The maximum Gasteiger partial charge on any atom is 0.417 e. The Hall–Kier alpha value is 0.220. The highest BCUT2D eigenvalue weighted by Gasteiger charge is 2.33. The van der Waals surface area contributed by atoms with Crippen molar-refractivity contribution >= 4 is 38.5 Å². The molecule has 0 saturated heterocycles. The van der Waals surface area contributed by atoms with Crippen molar-refractivity contribution in [3.8, 4) is 0 Å². The number of hydrogen-bond donors (Lipinski definition) is 0. The number of rotatable bonds is 0. The van der Waals surface area contributed by atoms with E-state index < -0.39 is 11.7 Å². The zero-order valence-corrected chi connectivity index (χ0v) is 10.3. The molecule has 0 nitrogen and oxygen atoms in total. The number of halogens is 5. The topological polar surface area (TPSA) is 0 Å². The van der Waals surface area contributed by atoms with Gasteiger partial charge in [-0.15, -0.1) is 0 Å². The second-order valence-corrected chi connectivity index (χ2v) is 4.56. The summed E-state index contributed by atoms with van der Waals surface area (Å²) < 4.78 is 37.8. The molecule has 0 saturated carbocycles. The Balaban J connectivity index is 3.37. The number of hydrogen-bond acceptors (Lipinski definition) is 0. The zero-order valence-electron chi connectivity index (χ0n) is 6.54. The molecule has 5 heteroatoms. The van der Waals surface area contributed by atoms with Gasteiger partial charge in [0, 0.05) is 8.04 Å². The van der Waals surface area contributed by atoms with Crippen LogP contribution in [0.15, 0.2) is 16.6 Å². The van der Waals surface area contributed by atoms with E-state index in [1.807, 2.05) is 22.6 Å². The molecule has 0 unspecified atom stereocenters. The standard InChI is InChI=1S/C8H5BrF3I/c1-4-2-5(8(10,11)12)7(9)6(13)3-4/h2-3H,1H3. The molecule has 1 aromatic rings. The average Bonchev–Trinajstić information content (AvgIpc) is 1.94. The molecule has 0 aromatic heterocycles. The van der Waals surface area contributed by atoms with Crippen molar-refractivity contribution in [2.24, 2.45) is 0 Å². The van der Waals surface area contributed by atoms with Crippen LogP contribution in [0, 0.1) is 10.5 Å². The molecule has 0 amide bonds. The van der Waals surface area contributed by atoms with Crippen molar-refractivity contribution < 1.29 is 13.2 Å². The van der Waals surface area contributed by atoms with Crippen LogP contribution in [0.4, 0.5) is 13.2 Å². The molecule has 0 heterocycles. The Labute approximate surface area is 95.8 Å². The minimum Gasteiger partial charge on any atom is -0.166 e. The van der Waals surface area contributed by atoms with E-state index >= 15 is 0 Å². The molecule has 0 aliphatic rings. The third-order valence-electron chi connectivity index (χ3n) is 1.48. The minimum absolute atomic E-state index is 0.117. The van der Waals surface area contributed by atoms with Gasteiger partial charge in [-0.1, -0.05) is 0 Å². The predicted octanol–water partition coefficient (Wildman–Crippen LogP) is 4.38. The maximum atomic E-state index is 12.4. The van der Waals surface area contributed by atoms with Crippen LogP contribution in [0.2, 0.25) is 0 Å². The molecular formula is C8H5BrF3I. The zero-order chi connectivity index (χ0) is 10.2. The first kappa shape index (κ1) is 11.3. The van der Waals surface area contributed by atoms with Crippen LogP contribution in [0.1, 0.15) is 11.1 Å². The summed E-state index contributed by atoms with van der Waals surface area (Å²) in [6, 6.07) is 2.83. The molecule has 0 atom stereocenters. The highest BCUT2D eigenvalue weighted by atomic mass is 127. The van der Waals surface area contributed by atoms with Gasteiger partial charge in [-0.25, -0.2) is 0 Å². The lowest BCUT2D eigenvalue weighted by molar-refractivity contribution is -0.138. The summed E-state index contributed by atoms with van der Waals surface area (Å²) in [6.07, 6.45) is -4.29. The fourth-order valence-electron chi connectivity index (χ4n) is 0.931. The Morgan fingerprint density at radius 1 is 1.31 bits per heavy atom. The molecule has 0 fully saturated rings. The fraction of sp³-hybridized carbons (Fsp3) is 0.250. The summed E-state index contributed by atoms with van der Waals surface area (Å²) in [7, 11) is 0. The van der Waals surface area contributed by atoms with E-state index in [-0.39, 0.29) is 4.47 Å². The number of alkyl halides is 3. The smallest absolute Gasteiger partial charge is 0.166 e. The van der Waals surface area contributed by atoms with Gasteiger partial charge in [0.1, 0.15) is 0 Å². The predicted molar refractivity (Wildman–Crippen MR) is 56.6 cm³/mol. The number of benzene rings is 1. The second-order valence-electron chi connectivity index (χ2n) is 2.61. The van der Waals surface area contributed by atoms with Gasteiger partial charge in [0.05, 0.1) is 5.56 Å². The minimum atomic E-state index is -4.29. The molecule has 1 rings (SSSR count). The fourth-order valence-corrected chi connectivity index (χ4v) is 2.17. The Kier molecular flexibility index (Phi) is 3.27. The van der Waals surface area contributed by atoms with Crippen LogP contribution >= 0.6 is 38.5 Å². The van der Waals surface area contributed by atoms with Crippen molar-refractivity contribution in [2.75, 3.05) is 0 Å². The molecule has 0 aliphatic heterocycles. The van der Waals surface area contributed by atoms with E-state index in [1.54, 1.807) is 13.0 Å². The quantitative estimate of drug-likeness (QED) is 0.599. The van der Waals surface area contributed by atoms with E-state index in [1.165, 1.54) is 0 Å². The van der Waals surface area contributed by atoms with E-state index in [4.69, 9.17) is 0 Å².